The van der Waals surface area contributed by atoms with Crippen molar-refractivity contribution in [2.45, 2.75) is 64.6 Å². The van der Waals surface area contributed by atoms with E-state index in [1.54, 1.807) is 0 Å². The highest BCUT2D eigenvalue weighted by Crippen LogP contribution is 2.33. The summed E-state index contributed by atoms with van der Waals surface area (Å²) in [5.41, 5.74) is 2.38. The van der Waals surface area contributed by atoms with Crippen LogP contribution in [0.1, 0.15) is 63.7 Å². The SMILES string of the molecule is C=CC[C@](C)(CCCC(C)C)O[C@H](Cc1ccccc1)c1ccccc1. The summed E-state index contributed by atoms with van der Waals surface area (Å²) >= 11 is 0. The van der Waals surface area contributed by atoms with E-state index in [1.165, 1.54) is 24.0 Å². The zero-order valence-corrected chi connectivity index (χ0v) is 16.7. The van der Waals surface area contributed by atoms with E-state index in [1.807, 2.05) is 6.08 Å². The molecule has 0 aliphatic heterocycles. The predicted molar refractivity (Wildman–Crippen MR) is 112 cm³/mol. The molecule has 0 aromatic heterocycles. The van der Waals surface area contributed by atoms with Gasteiger partial charge in [-0.2, -0.15) is 0 Å². The Balaban J connectivity index is 2.17. The highest BCUT2D eigenvalue weighted by atomic mass is 16.5. The fraction of sp³-hybridized carbons (Fsp3) is 0.440. The van der Waals surface area contributed by atoms with Crippen LogP contribution in [0.25, 0.3) is 0 Å². The molecule has 2 aromatic carbocycles. The molecule has 0 aliphatic carbocycles. The van der Waals surface area contributed by atoms with Gasteiger partial charge < -0.3 is 4.74 Å². The van der Waals surface area contributed by atoms with Crippen molar-refractivity contribution in [1.29, 1.82) is 0 Å². The molecule has 0 radical (unpaired) electrons. The average Bonchev–Trinajstić information content (AvgIpc) is 2.63. The molecule has 26 heavy (non-hydrogen) atoms. The quantitative estimate of drug-likeness (QED) is 0.391. The lowest BCUT2D eigenvalue weighted by atomic mass is 9.91. The van der Waals surface area contributed by atoms with Crippen molar-refractivity contribution in [1.82, 2.24) is 0 Å². The average molecular weight is 351 g/mol. The highest BCUT2D eigenvalue weighted by Gasteiger charge is 2.28. The Labute approximate surface area is 160 Å². The Hall–Kier alpha value is -1.86. The van der Waals surface area contributed by atoms with Crippen LogP contribution in [0, 0.1) is 5.92 Å². The first kappa shape index (κ1) is 20.5. The van der Waals surface area contributed by atoms with Gasteiger partial charge in [0, 0.05) is 6.42 Å². The van der Waals surface area contributed by atoms with Gasteiger partial charge >= 0.3 is 0 Å². The summed E-state index contributed by atoms with van der Waals surface area (Å²) in [5.74, 6) is 0.734. The molecule has 0 heterocycles. The van der Waals surface area contributed by atoms with Crippen LogP contribution in [0.4, 0.5) is 0 Å². The van der Waals surface area contributed by atoms with E-state index in [0.29, 0.717) is 0 Å². The minimum Gasteiger partial charge on any atom is -0.367 e. The van der Waals surface area contributed by atoms with Gasteiger partial charge in [0.2, 0.25) is 0 Å². The zero-order valence-electron chi connectivity index (χ0n) is 16.7. The monoisotopic (exact) mass is 350 g/mol. The van der Waals surface area contributed by atoms with Crippen molar-refractivity contribution in [2.24, 2.45) is 5.92 Å². The number of ether oxygens (including phenoxy) is 1. The lowest BCUT2D eigenvalue weighted by molar-refractivity contribution is -0.0891. The maximum absolute atomic E-state index is 6.78. The summed E-state index contributed by atoms with van der Waals surface area (Å²) in [6.45, 7) is 10.8. The van der Waals surface area contributed by atoms with Gasteiger partial charge in [-0.3, -0.25) is 0 Å². The Bertz CT molecular complexity index is 632. The molecule has 0 saturated heterocycles. The Morgan fingerprint density at radius 3 is 2.19 bits per heavy atom. The molecule has 1 nitrogen and oxygen atoms in total. The van der Waals surface area contributed by atoms with E-state index < -0.39 is 0 Å². The Morgan fingerprint density at radius 1 is 1.00 bits per heavy atom. The van der Waals surface area contributed by atoms with Crippen LogP contribution in [0.3, 0.4) is 0 Å². The summed E-state index contributed by atoms with van der Waals surface area (Å²) in [4.78, 5) is 0. The molecule has 140 valence electrons. The summed E-state index contributed by atoms with van der Waals surface area (Å²) < 4.78 is 6.78. The third kappa shape index (κ3) is 6.80. The molecule has 2 rings (SSSR count). The molecule has 0 fully saturated rings. The smallest absolute Gasteiger partial charge is 0.0872 e. The molecule has 2 aromatic rings. The van der Waals surface area contributed by atoms with Gasteiger partial charge in [0.1, 0.15) is 0 Å². The maximum atomic E-state index is 6.78. The van der Waals surface area contributed by atoms with Crippen LogP contribution in [0.5, 0.6) is 0 Å². The van der Waals surface area contributed by atoms with Crippen molar-refractivity contribution < 1.29 is 4.74 Å². The predicted octanol–water partition coefficient (Wildman–Crippen LogP) is 7.15. The minimum absolute atomic E-state index is 0.0580. The summed E-state index contributed by atoms with van der Waals surface area (Å²) in [7, 11) is 0. The van der Waals surface area contributed by atoms with Crippen LogP contribution in [0.2, 0.25) is 0 Å². The molecule has 1 heteroatoms. The van der Waals surface area contributed by atoms with E-state index in [-0.39, 0.29) is 11.7 Å². The van der Waals surface area contributed by atoms with Gasteiger partial charge in [-0.05, 0) is 36.8 Å². The molecule has 0 aliphatic rings. The van der Waals surface area contributed by atoms with Gasteiger partial charge in [0.15, 0.2) is 0 Å². The van der Waals surface area contributed by atoms with Crippen LogP contribution < -0.4 is 0 Å². The lowest BCUT2D eigenvalue weighted by Gasteiger charge is -2.34. The van der Waals surface area contributed by atoms with E-state index in [0.717, 1.165) is 25.2 Å². The first-order valence-electron chi connectivity index (χ1n) is 9.90. The Kier molecular flexibility index (Phi) is 8.12. The first-order chi connectivity index (χ1) is 12.5. The minimum atomic E-state index is -0.175. The number of rotatable bonds is 11. The standard InChI is InChI=1S/C25H34O/c1-5-18-25(4,19-12-13-21(2)3)26-24(23-16-10-7-11-17-23)20-22-14-8-6-9-15-22/h5-11,14-17,21,24H,1,12-13,18-20H2,2-4H3/t24-,25-/m1/s1. The molecular weight excluding hydrogens is 316 g/mol. The Morgan fingerprint density at radius 2 is 1.62 bits per heavy atom. The summed E-state index contributed by atoms with van der Waals surface area (Å²) in [6, 6.07) is 21.2. The second kappa shape index (κ2) is 10.3. The van der Waals surface area contributed by atoms with Crippen LogP contribution in [-0.2, 0) is 11.2 Å². The largest absolute Gasteiger partial charge is 0.367 e. The second-order valence-corrected chi connectivity index (χ2v) is 7.94. The molecule has 0 N–H and O–H groups in total. The van der Waals surface area contributed by atoms with Crippen LogP contribution in [0.15, 0.2) is 73.3 Å². The highest BCUT2D eigenvalue weighted by molar-refractivity contribution is 5.23. The van der Waals surface area contributed by atoms with Crippen molar-refractivity contribution in [3.05, 3.63) is 84.4 Å². The van der Waals surface area contributed by atoms with Crippen molar-refractivity contribution in [3.63, 3.8) is 0 Å². The third-order valence-corrected chi connectivity index (χ3v) is 4.93. The van der Waals surface area contributed by atoms with Crippen molar-refractivity contribution in [3.8, 4) is 0 Å². The van der Waals surface area contributed by atoms with Crippen LogP contribution in [-0.4, -0.2) is 5.60 Å². The molecule has 0 spiro atoms. The fourth-order valence-corrected chi connectivity index (χ4v) is 3.47. The normalized spacial score (nSPS) is 14.8. The van der Waals surface area contributed by atoms with E-state index in [2.05, 4.69) is 88.0 Å². The fourth-order valence-electron chi connectivity index (χ4n) is 3.47. The van der Waals surface area contributed by atoms with E-state index in [4.69, 9.17) is 4.74 Å². The number of benzene rings is 2. The molecule has 0 bridgehead atoms. The lowest BCUT2D eigenvalue weighted by Crippen LogP contribution is -2.31. The number of hydrogen-bond acceptors (Lipinski definition) is 1. The molecule has 2 atom stereocenters. The third-order valence-electron chi connectivity index (χ3n) is 4.93. The molecule has 0 saturated carbocycles. The first-order valence-corrected chi connectivity index (χ1v) is 9.90. The second-order valence-electron chi connectivity index (χ2n) is 7.94. The topological polar surface area (TPSA) is 9.23 Å². The van der Waals surface area contributed by atoms with E-state index in [9.17, 15) is 0 Å². The van der Waals surface area contributed by atoms with Gasteiger partial charge in [0.25, 0.3) is 0 Å². The van der Waals surface area contributed by atoms with E-state index >= 15 is 0 Å². The van der Waals surface area contributed by atoms with Crippen molar-refractivity contribution in [2.75, 3.05) is 0 Å². The van der Waals surface area contributed by atoms with Gasteiger partial charge in [-0.25, -0.2) is 0 Å². The summed E-state index contributed by atoms with van der Waals surface area (Å²) in [6.07, 6.45) is 7.32. The van der Waals surface area contributed by atoms with Crippen molar-refractivity contribution >= 4 is 0 Å². The maximum Gasteiger partial charge on any atom is 0.0872 e. The zero-order chi connectivity index (χ0) is 18.8. The van der Waals surface area contributed by atoms with Gasteiger partial charge in [0.05, 0.1) is 11.7 Å². The van der Waals surface area contributed by atoms with Gasteiger partial charge in [-0.15, -0.1) is 6.58 Å². The molecule has 0 amide bonds. The summed E-state index contributed by atoms with van der Waals surface area (Å²) in [5, 5.41) is 0. The molecular formula is C25H34O. The van der Waals surface area contributed by atoms with Crippen LogP contribution >= 0.6 is 0 Å². The number of hydrogen-bond donors (Lipinski definition) is 0. The van der Waals surface area contributed by atoms with Gasteiger partial charge in [-0.1, -0.05) is 93.4 Å². The molecule has 0 unspecified atom stereocenters.